The number of aryl methyl sites for hydroxylation is 1. The highest BCUT2D eigenvalue weighted by atomic mass is 16.2. The van der Waals surface area contributed by atoms with Gasteiger partial charge in [0.15, 0.2) is 11.3 Å². The lowest BCUT2D eigenvalue weighted by Gasteiger charge is -2.23. The summed E-state index contributed by atoms with van der Waals surface area (Å²) in [5, 5.41) is 14.9. The molecule has 0 unspecified atom stereocenters. The maximum Gasteiger partial charge on any atom is 0.272 e. The second-order valence-electron chi connectivity index (χ2n) is 6.88. The standard InChI is InChI=1S/C20H24N6O/c1-26-19-16(18(25-26)20(27)23-15-9-11-21-12-10-15)7-8-17(24-19)22-13-14-5-3-2-4-6-14/h2-8,15,21H,9-13H2,1H3,(H,22,24)(H,23,27). The van der Waals surface area contributed by atoms with Gasteiger partial charge in [-0.1, -0.05) is 30.3 Å². The number of amides is 1. The van der Waals surface area contributed by atoms with Gasteiger partial charge in [0.2, 0.25) is 0 Å². The van der Waals surface area contributed by atoms with E-state index in [9.17, 15) is 4.79 Å². The van der Waals surface area contributed by atoms with Gasteiger partial charge in [0.25, 0.3) is 5.91 Å². The van der Waals surface area contributed by atoms with E-state index in [0.29, 0.717) is 17.9 Å². The molecule has 3 aromatic rings. The second kappa shape index (κ2) is 7.75. The van der Waals surface area contributed by atoms with Crippen molar-refractivity contribution in [3.05, 3.63) is 53.7 Å². The summed E-state index contributed by atoms with van der Waals surface area (Å²) in [6.07, 6.45) is 1.89. The van der Waals surface area contributed by atoms with Crippen LogP contribution in [0.2, 0.25) is 0 Å². The molecule has 27 heavy (non-hydrogen) atoms. The van der Waals surface area contributed by atoms with E-state index in [-0.39, 0.29) is 11.9 Å². The first-order valence-corrected chi connectivity index (χ1v) is 9.34. The molecule has 1 aliphatic heterocycles. The molecule has 0 saturated carbocycles. The number of anilines is 1. The number of piperidine rings is 1. The summed E-state index contributed by atoms with van der Waals surface area (Å²) >= 11 is 0. The number of fused-ring (bicyclic) bond motifs is 1. The molecule has 0 atom stereocenters. The SMILES string of the molecule is Cn1nc(C(=O)NC2CCNCC2)c2ccc(NCc3ccccc3)nc21. The van der Waals surface area contributed by atoms with Gasteiger partial charge in [-0.3, -0.25) is 4.79 Å². The van der Waals surface area contributed by atoms with E-state index < -0.39 is 0 Å². The summed E-state index contributed by atoms with van der Waals surface area (Å²) in [7, 11) is 1.82. The molecule has 140 valence electrons. The number of carbonyl (C=O) groups excluding carboxylic acids is 1. The minimum absolute atomic E-state index is 0.126. The minimum atomic E-state index is -0.126. The van der Waals surface area contributed by atoms with Crippen LogP contribution in [0, 0.1) is 0 Å². The van der Waals surface area contributed by atoms with Gasteiger partial charge in [-0.05, 0) is 43.6 Å². The number of nitrogens with one attached hydrogen (secondary N) is 3. The van der Waals surface area contributed by atoms with Crippen LogP contribution in [0.5, 0.6) is 0 Å². The first-order chi connectivity index (χ1) is 13.2. The third-order valence-corrected chi connectivity index (χ3v) is 4.89. The number of rotatable bonds is 5. The van der Waals surface area contributed by atoms with Crippen molar-refractivity contribution in [2.24, 2.45) is 7.05 Å². The lowest BCUT2D eigenvalue weighted by Crippen LogP contribution is -2.42. The highest BCUT2D eigenvalue weighted by Crippen LogP contribution is 2.19. The van der Waals surface area contributed by atoms with Crippen LogP contribution in [0.4, 0.5) is 5.82 Å². The van der Waals surface area contributed by atoms with Crippen molar-refractivity contribution in [3.63, 3.8) is 0 Å². The summed E-state index contributed by atoms with van der Waals surface area (Å²) in [4.78, 5) is 17.3. The number of hydrogen-bond donors (Lipinski definition) is 3. The molecular weight excluding hydrogens is 340 g/mol. The maximum absolute atomic E-state index is 12.7. The van der Waals surface area contributed by atoms with E-state index in [1.807, 2.05) is 37.4 Å². The Balaban J connectivity index is 1.51. The lowest BCUT2D eigenvalue weighted by atomic mass is 10.1. The monoisotopic (exact) mass is 364 g/mol. The number of hydrogen-bond acceptors (Lipinski definition) is 5. The van der Waals surface area contributed by atoms with Crippen LogP contribution < -0.4 is 16.0 Å². The molecule has 1 amide bonds. The van der Waals surface area contributed by atoms with Crippen LogP contribution in [0.15, 0.2) is 42.5 Å². The fraction of sp³-hybridized carbons (Fsp3) is 0.350. The van der Waals surface area contributed by atoms with E-state index >= 15 is 0 Å². The molecule has 1 aromatic carbocycles. The molecule has 7 nitrogen and oxygen atoms in total. The smallest absolute Gasteiger partial charge is 0.272 e. The maximum atomic E-state index is 12.7. The third-order valence-electron chi connectivity index (χ3n) is 4.89. The molecular formula is C20H24N6O. The van der Waals surface area contributed by atoms with E-state index in [1.165, 1.54) is 5.56 Å². The van der Waals surface area contributed by atoms with Gasteiger partial charge < -0.3 is 16.0 Å². The van der Waals surface area contributed by atoms with E-state index in [0.717, 1.165) is 37.1 Å². The Bertz CT molecular complexity index is 930. The largest absolute Gasteiger partial charge is 0.366 e. The summed E-state index contributed by atoms with van der Waals surface area (Å²) in [5.74, 6) is 0.638. The predicted octanol–water partition coefficient (Wildman–Crippen LogP) is 2.06. The van der Waals surface area contributed by atoms with Crippen molar-refractivity contribution < 1.29 is 4.79 Å². The fourth-order valence-corrected chi connectivity index (χ4v) is 3.41. The number of aromatic nitrogens is 3. The minimum Gasteiger partial charge on any atom is -0.366 e. The highest BCUT2D eigenvalue weighted by molar-refractivity contribution is 6.04. The number of benzene rings is 1. The molecule has 1 aliphatic rings. The van der Waals surface area contributed by atoms with Gasteiger partial charge >= 0.3 is 0 Å². The zero-order chi connectivity index (χ0) is 18.6. The normalized spacial score (nSPS) is 15.0. The molecule has 3 N–H and O–H groups in total. The van der Waals surface area contributed by atoms with Crippen molar-refractivity contribution >= 4 is 22.8 Å². The van der Waals surface area contributed by atoms with Gasteiger partial charge in [0.05, 0.1) is 5.39 Å². The Kier molecular flexibility index (Phi) is 5.02. The van der Waals surface area contributed by atoms with E-state index in [2.05, 4.69) is 38.2 Å². The van der Waals surface area contributed by atoms with Crippen molar-refractivity contribution in [1.29, 1.82) is 0 Å². The summed E-state index contributed by atoms with van der Waals surface area (Å²) < 4.78 is 1.67. The number of nitrogens with zero attached hydrogens (tertiary/aromatic N) is 3. The molecule has 0 aliphatic carbocycles. The van der Waals surface area contributed by atoms with Crippen LogP contribution in [-0.4, -0.2) is 39.8 Å². The van der Waals surface area contributed by atoms with Gasteiger partial charge in [-0.25, -0.2) is 9.67 Å². The topological polar surface area (TPSA) is 83.9 Å². The van der Waals surface area contributed by atoms with Crippen LogP contribution in [-0.2, 0) is 13.6 Å². The molecule has 1 fully saturated rings. The summed E-state index contributed by atoms with van der Waals surface area (Å²) in [6.45, 7) is 2.57. The van der Waals surface area contributed by atoms with Crippen LogP contribution in [0.25, 0.3) is 11.0 Å². The Morgan fingerprint density at radius 1 is 1.19 bits per heavy atom. The number of pyridine rings is 1. The van der Waals surface area contributed by atoms with Crippen molar-refractivity contribution in [1.82, 2.24) is 25.4 Å². The molecule has 4 rings (SSSR count). The van der Waals surface area contributed by atoms with Gasteiger partial charge in [-0.2, -0.15) is 5.10 Å². The molecule has 3 heterocycles. The van der Waals surface area contributed by atoms with Gasteiger partial charge in [0.1, 0.15) is 5.82 Å². The van der Waals surface area contributed by atoms with Crippen LogP contribution in [0.3, 0.4) is 0 Å². The Morgan fingerprint density at radius 2 is 1.96 bits per heavy atom. The average molecular weight is 364 g/mol. The number of carbonyl (C=O) groups is 1. The molecule has 1 saturated heterocycles. The molecule has 7 heteroatoms. The van der Waals surface area contributed by atoms with Crippen molar-refractivity contribution in [3.8, 4) is 0 Å². The highest BCUT2D eigenvalue weighted by Gasteiger charge is 2.21. The lowest BCUT2D eigenvalue weighted by molar-refractivity contribution is 0.0925. The zero-order valence-electron chi connectivity index (χ0n) is 15.4. The average Bonchev–Trinajstić information content (AvgIpc) is 3.04. The summed E-state index contributed by atoms with van der Waals surface area (Å²) in [6, 6.07) is 14.2. The van der Waals surface area contributed by atoms with Crippen molar-refractivity contribution in [2.75, 3.05) is 18.4 Å². The zero-order valence-corrected chi connectivity index (χ0v) is 15.4. The fourth-order valence-electron chi connectivity index (χ4n) is 3.41. The van der Waals surface area contributed by atoms with E-state index in [1.54, 1.807) is 4.68 Å². The van der Waals surface area contributed by atoms with Crippen LogP contribution >= 0.6 is 0 Å². The van der Waals surface area contributed by atoms with Crippen molar-refractivity contribution in [2.45, 2.75) is 25.4 Å². The first kappa shape index (κ1) is 17.5. The summed E-state index contributed by atoms with van der Waals surface area (Å²) in [5.41, 5.74) is 2.32. The molecule has 2 aromatic heterocycles. The molecule has 0 radical (unpaired) electrons. The second-order valence-corrected chi connectivity index (χ2v) is 6.88. The van der Waals surface area contributed by atoms with Crippen LogP contribution in [0.1, 0.15) is 28.9 Å². The quantitative estimate of drug-likeness (QED) is 0.645. The molecule has 0 bridgehead atoms. The third kappa shape index (κ3) is 3.93. The van der Waals surface area contributed by atoms with Gasteiger partial charge in [0, 0.05) is 19.6 Å². The Morgan fingerprint density at radius 3 is 2.74 bits per heavy atom. The predicted molar refractivity (Wildman–Crippen MR) is 106 cm³/mol. The Labute approximate surface area is 158 Å². The molecule has 0 spiro atoms. The Hall–Kier alpha value is -2.93. The van der Waals surface area contributed by atoms with Gasteiger partial charge in [-0.15, -0.1) is 0 Å². The van der Waals surface area contributed by atoms with E-state index in [4.69, 9.17) is 0 Å². The first-order valence-electron chi connectivity index (χ1n) is 9.34.